The lowest BCUT2D eigenvalue weighted by atomic mass is 10.1. The molecule has 3 amide bonds. The van der Waals surface area contributed by atoms with Crippen molar-refractivity contribution in [3.63, 3.8) is 0 Å². The third-order valence-electron chi connectivity index (χ3n) is 11.1. The summed E-state index contributed by atoms with van der Waals surface area (Å²) in [5.74, 6) is -4.05. The van der Waals surface area contributed by atoms with Gasteiger partial charge in [0.15, 0.2) is 5.84 Å². The Kier molecular flexibility index (Phi) is 13.6. The van der Waals surface area contributed by atoms with Crippen LogP contribution in [-0.4, -0.2) is 86.2 Å². The second-order valence-electron chi connectivity index (χ2n) is 15.5. The second-order valence-corrected chi connectivity index (χ2v) is 15.5. The molecule has 3 N–H and O–H groups in total. The molecule has 2 aliphatic heterocycles. The lowest BCUT2D eigenvalue weighted by Crippen LogP contribution is -2.29. The summed E-state index contributed by atoms with van der Waals surface area (Å²) < 4.78 is 13.7. The Morgan fingerprint density at radius 3 is 1.56 bits per heavy atom. The van der Waals surface area contributed by atoms with E-state index in [0.717, 1.165) is 32.4 Å². The number of amidine groups is 1. The maximum Gasteiger partial charge on any atom is 0.335 e. The number of aromatic nitrogens is 2. The van der Waals surface area contributed by atoms with Gasteiger partial charge in [-0.05, 0) is 101 Å². The van der Waals surface area contributed by atoms with Crippen LogP contribution in [0.15, 0.2) is 131 Å². The number of hydrogen-bond acceptors (Lipinski definition) is 11. The van der Waals surface area contributed by atoms with Gasteiger partial charge < -0.3 is 34.1 Å². The Bertz CT molecular complexity index is 3160. The zero-order valence-electron chi connectivity index (χ0n) is 37.7. The van der Waals surface area contributed by atoms with Crippen molar-refractivity contribution in [2.24, 2.45) is 10.2 Å². The van der Waals surface area contributed by atoms with Gasteiger partial charge in [-0.15, -0.1) is 5.10 Å². The van der Waals surface area contributed by atoms with Crippen molar-refractivity contribution < 1.29 is 53.2 Å². The van der Waals surface area contributed by atoms with Crippen LogP contribution in [0.5, 0.6) is 0 Å². The van der Waals surface area contributed by atoms with E-state index in [1.165, 1.54) is 55.4 Å². The number of hydrazone groups is 2. The first-order valence-electron chi connectivity index (χ1n) is 21.2. The van der Waals surface area contributed by atoms with E-state index in [1.807, 2.05) is 59.3 Å². The first kappa shape index (κ1) is 47.0. The zero-order chi connectivity index (χ0) is 49.0. The topological polar surface area (TPSA) is 232 Å². The number of rotatable bonds is 11. The quantitative estimate of drug-likeness (QED) is 0.0867. The predicted molar refractivity (Wildman–Crippen MR) is 254 cm³/mol. The number of anilines is 2. The molecule has 0 radical (unpaired) electrons. The minimum absolute atomic E-state index is 0.0603. The van der Waals surface area contributed by atoms with Gasteiger partial charge in [0.25, 0.3) is 11.8 Å². The SMILES string of the molecule is CCOC(=O)C(C)n1cc(/C=C2\C(=O)N(c3ccc(C(=O)O)cc3)N=C2NC(C)=O)c2ccccc21.COC(=O)C(C)n1cc(C=C2C(=O)N(c3ccc(C(=O)O)cc3)N=C2C)c2ccccc21. The fourth-order valence-corrected chi connectivity index (χ4v) is 7.63. The number of methoxy groups -OCH3 is 1. The molecule has 8 rings (SSSR count). The highest BCUT2D eigenvalue weighted by atomic mass is 16.5. The van der Waals surface area contributed by atoms with Crippen LogP contribution in [0, 0.1) is 0 Å². The van der Waals surface area contributed by atoms with Crippen molar-refractivity contribution in [3.05, 3.63) is 143 Å². The van der Waals surface area contributed by atoms with Gasteiger partial charge in [-0.25, -0.2) is 19.2 Å². The van der Waals surface area contributed by atoms with Crippen LogP contribution in [0.3, 0.4) is 0 Å². The lowest BCUT2D eigenvalue weighted by molar-refractivity contribution is -0.146. The Balaban J connectivity index is 0.000000203. The number of para-hydroxylation sites is 2. The fraction of sp³-hybridized carbons (Fsp3) is 0.180. The molecule has 18 heteroatoms. The van der Waals surface area contributed by atoms with Crippen LogP contribution < -0.4 is 15.3 Å². The van der Waals surface area contributed by atoms with Crippen molar-refractivity contribution in [2.45, 2.75) is 46.7 Å². The van der Waals surface area contributed by atoms with E-state index in [2.05, 4.69) is 15.5 Å². The third kappa shape index (κ3) is 9.41. The van der Waals surface area contributed by atoms with Crippen molar-refractivity contribution in [3.8, 4) is 0 Å². The molecule has 68 heavy (non-hydrogen) atoms. The van der Waals surface area contributed by atoms with Gasteiger partial charge in [0, 0.05) is 52.3 Å². The normalized spacial score (nSPS) is 15.5. The van der Waals surface area contributed by atoms with Gasteiger partial charge in [-0.1, -0.05) is 36.4 Å². The summed E-state index contributed by atoms with van der Waals surface area (Å²) in [5, 5.41) is 33.5. The van der Waals surface area contributed by atoms with Crippen LogP contribution in [0.25, 0.3) is 34.0 Å². The monoisotopic (exact) mass is 919 g/mol. The summed E-state index contributed by atoms with van der Waals surface area (Å²) in [7, 11) is 1.35. The summed E-state index contributed by atoms with van der Waals surface area (Å²) in [6.45, 7) is 8.53. The molecule has 2 atom stereocenters. The third-order valence-corrected chi connectivity index (χ3v) is 11.1. The molecule has 4 heterocycles. The van der Waals surface area contributed by atoms with Gasteiger partial charge in [0.05, 0.1) is 53.1 Å². The number of nitrogens with zero attached hydrogens (tertiary/aromatic N) is 6. The van der Waals surface area contributed by atoms with Crippen LogP contribution in [-0.2, 0) is 33.4 Å². The number of aromatic carboxylic acids is 2. The molecule has 0 spiro atoms. The molecule has 0 bridgehead atoms. The van der Waals surface area contributed by atoms with Crippen molar-refractivity contribution in [1.82, 2.24) is 14.5 Å². The molecular formula is C50H45N7O11. The van der Waals surface area contributed by atoms with E-state index in [-0.39, 0.29) is 47.0 Å². The average Bonchev–Trinajstić information content (AvgIpc) is 4.06. The van der Waals surface area contributed by atoms with Crippen LogP contribution in [0.2, 0.25) is 0 Å². The van der Waals surface area contributed by atoms with Gasteiger partial charge in [-0.2, -0.15) is 15.1 Å². The summed E-state index contributed by atoms with van der Waals surface area (Å²) in [6.07, 6.45) is 6.95. The first-order chi connectivity index (χ1) is 32.5. The Morgan fingerprint density at radius 2 is 1.10 bits per heavy atom. The van der Waals surface area contributed by atoms with E-state index in [4.69, 9.17) is 19.7 Å². The van der Waals surface area contributed by atoms with E-state index in [9.17, 15) is 33.6 Å². The number of esters is 2. The predicted octanol–water partition coefficient (Wildman–Crippen LogP) is 7.22. The van der Waals surface area contributed by atoms with E-state index < -0.39 is 35.8 Å². The van der Waals surface area contributed by atoms with Crippen molar-refractivity contribution in [2.75, 3.05) is 23.7 Å². The number of ether oxygens (including phenoxy) is 2. The number of carbonyl (C=O) groups is 7. The summed E-state index contributed by atoms with van der Waals surface area (Å²) in [6, 6.07) is 25.5. The summed E-state index contributed by atoms with van der Waals surface area (Å²) in [4.78, 5) is 85.1. The van der Waals surface area contributed by atoms with Crippen LogP contribution >= 0.6 is 0 Å². The number of carbonyl (C=O) groups excluding carboxylic acids is 5. The van der Waals surface area contributed by atoms with Gasteiger partial charge in [0.2, 0.25) is 5.91 Å². The first-order valence-corrected chi connectivity index (χ1v) is 21.2. The van der Waals surface area contributed by atoms with Gasteiger partial charge >= 0.3 is 23.9 Å². The number of hydrogen-bond donors (Lipinski definition) is 3. The molecule has 6 aromatic rings. The number of carboxylic acid groups (broad SMARTS) is 2. The zero-order valence-corrected chi connectivity index (χ0v) is 37.7. The second kappa shape index (κ2) is 19.7. The number of amides is 3. The van der Waals surface area contributed by atoms with E-state index in [0.29, 0.717) is 28.2 Å². The number of fused-ring (bicyclic) bond motifs is 2. The van der Waals surface area contributed by atoms with Gasteiger partial charge in [-0.3, -0.25) is 14.4 Å². The van der Waals surface area contributed by atoms with E-state index >= 15 is 0 Å². The number of carboxylic acids is 2. The minimum Gasteiger partial charge on any atom is -0.478 e. The molecule has 0 aliphatic carbocycles. The highest BCUT2D eigenvalue weighted by Gasteiger charge is 2.33. The molecule has 2 aromatic heterocycles. The molecule has 4 aromatic carbocycles. The number of nitrogens with one attached hydrogen (secondary N) is 1. The lowest BCUT2D eigenvalue weighted by Gasteiger charge is -2.13. The maximum atomic E-state index is 13.4. The maximum absolute atomic E-state index is 13.4. The fourth-order valence-electron chi connectivity index (χ4n) is 7.63. The molecule has 0 fully saturated rings. The summed E-state index contributed by atoms with van der Waals surface area (Å²) >= 11 is 0. The average molecular weight is 920 g/mol. The Hall–Kier alpha value is -8.93. The molecule has 18 nitrogen and oxygen atoms in total. The van der Waals surface area contributed by atoms with E-state index in [1.54, 1.807) is 62.7 Å². The highest BCUT2D eigenvalue weighted by molar-refractivity contribution is 6.34. The highest BCUT2D eigenvalue weighted by Crippen LogP contribution is 2.32. The van der Waals surface area contributed by atoms with Crippen molar-refractivity contribution >= 4 is 98.5 Å². The molecule has 2 aliphatic rings. The van der Waals surface area contributed by atoms with Crippen LogP contribution in [0.4, 0.5) is 11.4 Å². The molecule has 346 valence electrons. The molecule has 0 saturated carbocycles. The van der Waals surface area contributed by atoms with Crippen LogP contribution in [0.1, 0.15) is 78.5 Å². The molecular weight excluding hydrogens is 875 g/mol. The Morgan fingerprint density at radius 1 is 0.662 bits per heavy atom. The molecule has 0 saturated heterocycles. The van der Waals surface area contributed by atoms with Gasteiger partial charge in [0.1, 0.15) is 12.1 Å². The largest absolute Gasteiger partial charge is 0.478 e. The summed E-state index contributed by atoms with van der Waals surface area (Å²) in [5.41, 5.74) is 5.14. The van der Waals surface area contributed by atoms with Crippen molar-refractivity contribution in [1.29, 1.82) is 0 Å². The standard InChI is InChI=1S/C26H24N4O6.C24H21N3O5/c1-4-36-26(35)15(2)29-14-18(20-7-5-6-8-22(20)29)13-21-23(27-16(3)31)28-30(24(21)32)19-11-9-17(10-12-19)25(33)34;1-14-20(22(28)27(25-14)18-10-8-16(9-11-18)23(29)30)12-17-13-26(15(2)24(31)32-3)21-7-5-4-6-19(17)21/h5-15H,4H2,1-3H3,(H,33,34)(H,27,28,31);4-13,15H,1-3H3,(H,29,30)/b21-13-;. The Labute approximate surface area is 388 Å². The minimum atomic E-state index is -1.09. The number of benzene rings is 4. The molecule has 2 unspecified atom stereocenters. The smallest absolute Gasteiger partial charge is 0.335 e.